The van der Waals surface area contributed by atoms with Crippen LogP contribution in [-0.4, -0.2) is 11.8 Å². The van der Waals surface area contributed by atoms with Crippen molar-refractivity contribution in [1.82, 2.24) is 0 Å². The van der Waals surface area contributed by atoms with E-state index in [1.807, 2.05) is 19.1 Å². The van der Waals surface area contributed by atoms with Crippen LogP contribution in [0.1, 0.15) is 18.9 Å². The summed E-state index contributed by atoms with van der Waals surface area (Å²) in [6.45, 7) is 3.72. The second-order valence-corrected chi connectivity index (χ2v) is 4.96. The predicted molar refractivity (Wildman–Crippen MR) is 65.2 cm³/mol. The van der Waals surface area contributed by atoms with Gasteiger partial charge in [0.25, 0.3) is 0 Å². The van der Waals surface area contributed by atoms with Crippen molar-refractivity contribution < 1.29 is 9.59 Å². The first-order chi connectivity index (χ1) is 7.50. The zero-order chi connectivity index (χ0) is 11.9. The van der Waals surface area contributed by atoms with Crippen LogP contribution in [0.5, 0.6) is 0 Å². The zero-order valence-electron chi connectivity index (χ0n) is 9.16. The molecule has 1 saturated heterocycles. The van der Waals surface area contributed by atoms with Gasteiger partial charge in [-0.2, -0.15) is 0 Å². The first kappa shape index (κ1) is 11.3. The number of anilines is 1. The van der Waals surface area contributed by atoms with Gasteiger partial charge in [0.05, 0.1) is 5.69 Å². The van der Waals surface area contributed by atoms with Gasteiger partial charge in [0.1, 0.15) is 0 Å². The van der Waals surface area contributed by atoms with Crippen LogP contribution in [0, 0.1) is 12.8 Å². The Labute approximate surface area is 103 Å². The van der Waals surface area contributed by atoms with Gasteiger partial charge in [-0.3, -0.25) is 14.5 Å². The van der Waals surface area contributed by atoms with Crippen LogP contribution >= 0.6 is 15.9 Å². The molecule has 2 amide bonds. The van der Waals surface area contributed by atoms with Crippen LogP contribution in [0.15, 0.2) is 22.7 Å². The molecule has 1 unspecified atom stereocenters. The average Bonchev–Trinajstić information content (AvgIpc) is 2.47. The normalized spacial score (nSPS) is 20.7. The van der Waals surface area contributed by atoms with E-state index < -0.39 is 0 Å². The molecule has 1 atom stereocenters. The minimum absolute atomic E-state index is 0.105. The molecule has 16 heavy (non-hydrogen) atoms. The number of amides is 2. The maximum atomic E-state index is 11.8. The minimum Gasteiger partial charge on any atom is -0.274 e. The van der Waals surface area contributed by atoms with Gasteiger partial charge in [0.15, 0.2) is 0 Å². The molecule has 4 heteroatoms. The summed E-state index contributed by atoms with van der Waals surface area (Å²) in [4.78, 5) is 24.8. The molecule has 2 rings (SSSR count). The molecule has 84 valence electrons. The Hall–Kier alpha value is -1.16. The number of halogens is 1. The molecule has 1 aromatic carbocycles. The summed E-state index contributed by atoms with van der Waals surface area (Å²) in [6, 6.07) is 5.48. The summed E-state index contributed by atoms with van der Waals surface area (Å²) in [5.74, 6) is -0.414. The molecule has 0 aliphatic carbocycles. The molecule has 1 fully saturated rings. The fraction of sp³-hybridized carbons (Fsp3) is 0.333. The van der Waals surface area contributed by atoms with Gasteiger partial charge in [-0.1, -0.05) is 22.9 Å². The highest BCUT2D eigenvalue weighted by atomic mass is 79.9. The molecule has 0 aromatic heterocycles. The van der Waals surface area contributed by atoms with Gasteiger partial charge in [0, 0.05) is 16.8 Å². The number of carbonyl (C=O) groups excluding carboxylic acids is 2. The first-order valence-corrected chi connectivity index (χ1v) is 5.93. The third-order valence-corrected chi connectivity index (χ3v) is 3.66. The van der Waals surface area contributed by atoms with Crippen LogP contribution in [0.25, 0.3) is 0 Å². The SMILES string of the molecule is Cc1cc(N2C(=O)CC(C)C2=O)ccc1Br. The highest BCUT2D eigenvalue weighted by molar-refractivity contribution is 9.10. The molecule has 0 radical (unpaired) electrons. The fourth-order valence-corrected chi connectivity index (χ4v) is 2.07. The molecule has 1 aromatic rings. The van der Waals surface area contributed by atoms with E-state index in [2.05, 4.69) is 15.9 Å². The average molecular weight is 282 g/mol. The predicted octanol–water partition coefficient (Wildman–Crippen LogP) is 2.66. The molecule has 0 N–H and O–H groups in total. The number of aryl methyl sites for hydroxylation is 1. The van der Waals surface area contributed by atoms with Gasteiger partial charge < -0.3 is 0 Å². The van der Waals surface area contributed by atoms with E-state index >= 15 is 0 Å². The largest absolute Gasteiger partial charge is 0.274 e. The van der Waals surface area contributed by atoms with E-state index in [1.54, 1.807) is 13.0 Å². The van der Waals surface area contributed by atoms with Gasteiger partial charge in [-0.05, 0) is 30.7 Å². The summed E-state index contributed by atoms with van der Waals surface area (Å²) in [7, 11) is 0. The minimum atomic E-state index is -0.198. The monoisotopic (exact) mass is 281 g/mol. The summed E-state index contributed by atoms with van der Waals surface area (Å²) in [5, 5.41) is 0. The highest BCUT2D eigenvalue weighted by Gasteiger charge is 2.36. The Morgan fingerprint density at radius 3 is 2.56 bits per heavy atom. The molecular weight excluding hydrogens is 270 g/mol. The molecular formula is C12H12BrNO2. The number of hydrogen-bond donors (Lipinski definition) is 0. The quantitative estimate of drug-likeness (QED) is 0.743. The van der Waals surface area contributed by atoms with E-state index in [0.717, 1.165) is 10.0 Å². The Balaban J connectivity index is 2.41. The second-order valence-electron chi connectivity index (χ2n) is 4.11. The van der Waals surface area contributed by atoms with Crippen molar-refractivity contribution in [2.75, 3.05) is 4.90 Å². The van der Waals surface area contributed by atoms with Gasteiger partial charge >= 0.3 is 0 Å². The van der Waals surface area contributed by atoms with Crippen LogP contribution < -0.4 is 4.90 Å². The lowest BCUT2D eigenvalue weighted by Gasteiger charge is -2.15. The molecule has 3 nitrogen and oxygen atoms in total. The number of hydrogen-bond acceptors (Lipinski definition) is 2. The van der Waals surface area contributed by atoms with Gasteiger partial charge in [-0.15, -0.1) is 0 Å². The number of nitrogens with zero attached hydrogens (tertiary/aromatic N) is 1. The van der Waals surface area contributed by atoms with Gasteiger partial charge in [-0.25, -0.2) is 0 Å². The van der Waals surface area contributed by atoms with Crippen molar-refractivity contribution in [3.8, 4) is 0 Å². The highest BCUT2D eigenvalue weighted by Crippen LogP contribution is 2.29. The van der Waals surface area contributed by atoms with Crippen molar-refractivity contribution >= 4 is 33.4 Å². The van der Waals surface area contributed by atoms with Crippen molar-refractivity contribution in [3.05, 3.63) is 28.2 Å². The number of rotatable bonds is 1. The van der Waals surface area contributed by atoms with Crippen LogP contribution in [0.3, 0.4) is 0 Å². The topological polar surface area (TPSA) is 37.4 Å². The van der Waals surface area contributed by atoms with Crippen molar-refractivity contribution in [1.29, 1.82) is 0 Å². The molecule has 0 spiro atoms. The summed E-state index contributed by atoms with van der Waals surface area (Å²) in [5.41, 5.74) is 1.68. The third-order valence-electron chi connectivity index (χ3n) is 2.77. The lowest BCUT2D eigenvalue weighted by molar-refractivity contribution is -0.122. The summed E-state index contributed by atoms with van der Waals surface area (Å²) >= 11 is 3.39. The lowest BCUT2D eigenvalue weighted by Crippen LogP contribution is -2.29. The third kappa shape index (κ3) is 1.78. The Bertz CT molecular complexity index is 470. The smallest absolute Gasteiger partial charge is 0.237 e. The van der Waals surface area contributed by atoms with E-state index in [1.165, 1.54) is 4.90 Å². The van der Waals surface area contributed by atoms with Crippen LogP contribution in [0.2, 0.25) is 0 Å². The second kappa shape index (κ2) is 4.01. The van der Waals surface area contributed by atoms with Crippen molar-refractivity contribution in [2.45, 2.75) is 20.3 Å². The van der Waals surface area contributed by atoms with E-state index in [-0.39, 0.29) is 17.7 Å². The molecule has 1 heterocycles. The van der Waals surface area contributed by atoms with E-state index in [9.17, 15) is 9.59 Å². The molecule has 1 aliphatic rings. The number of imide groups is 1. The lowest BCUT2D eigenvalue weighted by atomic mass is 10.1. The maximum absolute atomic E-state index is 11.8. The maximum Gasteiger partial charge on any atom is 0.237 e. The fourth-order valence-electron chi connectivity index (χ4n) is 1.82. The van der Waals surface area contributed by atoms with Crippen LogP contribution in [-0.2, 0) is 9.59 Å². The van der Waals surface area contributed by atoms with Crippen molar-refractivity contribution in [2.24, 2.45) is 5.92 Å². The summed E-state index contributed by atoms with van der Waals surface area (Å²) in [6.07, 6.45) is 0.313. The number of carbonyl (C=O) groups is 2. The molecule has 0 saturated carbocycles. The van der Waals surface area contributed by atoms with Crippen molar-refractivity contribution in [3.63, 3.8) is 0 Å². The van der Waals surface area contributed by atoms with Crippen LogP contribution in [0.4, 0.5) is 5.69 Å². The molecule has 1 aliphatic heterocycles. The Kier molecular flexibility index (Phi) is 2.84. The molecule has 0 bridgehead atoms. The summed E-state index contributed by atoms with van der Waals surface area (Å²) < 4.78 is 0.975. The van der Waals surface area contributed by atoms with E-state index in [0.29, 0.717) is 12.1 Å². The standard InChI is InChI=1S/C12H12BrNO2/c1-7-5-9(3-4-10(7)13)14-11(15)6-8(2)12(14)16/h3-5,8H,6H2,1-2H3. The number of benzene rings is 1. The Morgan fingerprint density at radius 2 is 2.06 bits per heavy atom. The van der Waals surface area contributed by atoms with Gasteiger partial charge in [0.2, 0.25) is 11.8 Å². The zero-order valence-corrected chi connectivity index (χ0v) is 10.7. The van der Waals surface area contributed by atoms with E-state index in [4.69, 9.17) is 0 Å². The Morgan fingerprint density at radius 1 is 1.38 bits per heavy atom. The first-order valence-electron chi connectivity index (χ1n) is 5.13.